The Morgan fingerprint density at radius 3 is 2.71 bits per heavy atom. The number of carbonyl (C=O) groups excluding carboxylic acids is 1. The number of fused-ring (bicyclic) bond motifs is 1. The van der Waals surface area contributed by atoms with Crippen molar-refractivity contribution in [2.75, 3.05) is 13.2 Å². The number of aldehydes is 1. The summed E-state index contributed by atoms with van der Waals surface area (Å²) in [5, 5.41) is 0. The Labute approximate surface area is 82.6 Å². The smallest absolute Gasteiger partial charge is 0.172 e. The Hall–Kier alpha value is -1.51. The van der Waals surface area contributed by atoms with Crippen molar-refractivity contribution < 1.29 is 14.3 Å². The molecule has 1 heterocycles. The second-order valence-corrected chi connectivity index (χ2v) is 3.37. The number of hydrogen-bond acceptors (Lipinski definition) is 3. The molecule has 3 heteroatoms. The van der Waals surface area contributed by atoms with Gasteiger partial charge in [0.2, 0.25) is 0 Å². The fourth-order valence-electron chi connectivity index (χ4n) is 1.58. The summed E-state index contributed by atoms with van der Waals surface area (Å²) in [5.74, 6) is 1.27. The van der Waals surface area contributed by atoms with Crippen molar-refractivity contribution in [3.63, 3.8) is 0 Å². The summed E-state index contributed by atoms with van der Waals surface area (Å²) in [5.41, 5.74) is 2.63. The highest BCUT2D eigenvalue weighted by atomic mass is 16.6. The van der Waals surface area contributed by atoms with Crippen molar-refractivity contribution in [1.82, 2.24) is 0 Å². The van der Waals surface area contributed by atoms with Gasteiger partial charge in [0.15, 0.2) is 17.8 Å². The number of benzene rings is 1. The molecule has 0 bridgehead atoms. The van der Waals surface area contributed by atoms with Gasteiger partial charge in [-0.2, -0.15) is 0 Å². The monoisotopic (exact) mass is 192 g/mol. The molecule has 0 spiro atoms. The molecule has 0 aromatic heterocycles. The van der Waals surface area contributed by atoms with E-state index in [0.717, 1.165) is 17.4 Å². The summed E-state index contributed by atoms with van der Waals surface area (Å²) in [7, 11) is 0. The number of rotatable bonds is 1. The lowest BCUT2D eigenvalue weighted by Crippen LogP contribution is -2.17. The molecule has 1 aromatic rings. The van der Waals surface area contributed by atoms with Crippen LogP contribution in [0.2, 0.25) is 0 Å². The molecule has 0 atom stereocenters. The zero-order chi connectivity index (χ0) is 10.1. The molecule has 74 valence electrons. The number of carbonyl (C=O) groups is 1. The van der Waals surface area contributed by atoms with Crippen LogP contribution in [0.1, 0.15) is 21.5 Å². The van der Waals surface area contributed by atoms with Crippen LogP contribution in [0.3, 0.4) is 0 Å². The molecule has 0 radical (unpaired) electrons. The van der Waals surface area contributed by atoms with Gasteiger partial charge in [0.05, 0.1) is 5.56 Å². The first-order valence-electron chi connectivity index (χ1n) is 4.59. The molecule has 1 aromatic carbocycles. The first kappa shape index (κ1) is 9.06. The van der Waals surface area contributed by atoms with E-state index >= 15 is 0 Å². The largest absolute Gasteiger partial charge is 0.486 e. The molecule has 1 aliphatic heterocycles. The maximum absolute atomic E-state index is 10.9. The Morgan fingerprint density at radius 2 is 2.00 bits per heavy atom. The highest BCUT2D eigenvalue weighted by Gasteiger charge is 2.18. The fraction of sp³-hybridized carbons (Fsp3) is 0.364. The quantitative estimate of drug-likeness (QED) is 0.637. The SMILES string of the molecule is Cc1cc2c(c(C=O)c1C)OCCO2. The number of ether oxygens (including phenoxy) is 2. The van der Waals surface area contributed by atoms with E-state index in [2.05, 4.69) is 0 Å². The van der Waals surface area contributed by atoms with Gasteiger partial charge in [0.1, 0.15) is 13.2 Å². The summed E-state index contributed by atoms with van der Waals surface area (Å²) in [6.07, 6.45) is 0.829. The zero-order valence-corrected chi connectivity index (χ0v) is 8.29. The lowest BCUT2D eigenvalue weighted by molar-refractivity contribution is 0.111. The second-order valence-electron chi connectivity index (χ2n) is 3.37. The van der Waals surface area contributed by atoms with Crippen molar-refractivity contribution in [3.8, 4) is 11.5 Å². The Bertz CT molecular complexity index is 383. The van der Waals surface area contributed by atoms with Crippen LogP contribution in [0.25, 0.3) is 0 Å². The van der Waals surface area contributed by atoms with E-state index in [-0.39, 0.29) is 0 Å². The van der Waals surface area contributed by atoms with E-state index in [9.17, 15) is 4.79 Å². The zero-order valence-electron chi connectivity index (χ0n) is 8.29. The lowest BCUT2D eigenvalue weighted by Gasteiger charge is -2.21. The van der Waals surface area contributed by atoms with E-state index in [0.29, 0.717) is 30.3 Å². The molecular weight excluding hydrogens is 180 g/mol. The first-order chi connectivity index (χ1) is 6.74. The van der Waals surface area contributed by atoms with Crippen molar-refractivity contribution in [2.24, 2.45) is 0 Å². The molecule has 0 aliphatic carbocycles. The van der Waals surface area contributed by atoms with Gasteiger partial charge in [0.25, 0.3) is 0 Å². The predicted octanol–water partition coefficient (Wildman–Crippen LogP) is 1.89. The van der Waals surface area contributed by atoms with Crippen molar-refractivity contribution >= 4 is 6.29 Å². The first-order valence-corrected chi connectivity index (χ1v) is 4.59. The Kier molecular flexibility index (Phi) is 2.15. The summed E-state index contributed by atoms with van der Waals surface area (Å²) < 4.78 is 10.8. The van der Waals surface area contributed by atoms with Crippen LogP contribution in [0.4, 0.5) is 0 Å². The van der Waals surface area contributed by atoms with Crippen LogP contribution in [0, 0.1) is 13.8 Å². The van der Waals surface area contributed by atoms with E-state index in [1.807, 2.05) is 19.9 Å². The molecule has 0 fully saturated rings. The minimum Gasteiger partial charge on any atom is -0.486 e. The summed E-state index contributed by atoms with van der Waals surface area (Å²) >= 11 is 0. The maximum atomic E-state index is 10.9. The van der Waals surface area contributed by atoms with E-state index in [1.54, 1.807) is 0 Å². The third-order valence-corrected chi connectivity index (χ3v) is 2.52. The van der Waals surface area contributed by atoms with Crippen molar-refractivity contribution in [2.45, 2.75) is 13.8 Å². The minimum atomic E-state index is 0.510. The van der Waals surface area contributed by atoms with E-state index < -0.39 is 0 Å². The van der Waals surface area contributed by atoms with Crippen LogP contribution < -0.4 is 9.47 Å². The summed E-state index contributed by atoms with van der Waals surface area (Å²) in [6.45, 7) is 4.93. The van der Waals surface area contributed by atoms with Crippen LogP contribution in [0.5, 0.6) is 11.5 Å². The van der Waals surface area contributed by atoms with Gasteiger partial charge in [-0.15, -0.1) is 0 Å². The molecule has 1 aliphatic rings. The fourth-order valence-corrected chi connectivity index (χ4v) is 1.58. The van der Waals surface area contributed by atoms with Gasteiger partial charge in [-0.05, 0) is 31.0 Å². The molecule has 3 nitrogen and oxygen atoms in total. The molecule has 2 rings (SSSR count). The van der Waals surface area contributed by atoms with Gasteiger partial charge in [0, 0.05) is 0 Å². The molecule has 0 saturated carbocycles. The van der Waals surface area contributed by atoms with Gasteiger partial charge >= 0.3 is 0 Å². The molecule has 0 amide bonds. The average Bonchev–Trinajstić information content (AvgIpc) is 2.20. The Balaban J connectivity index is 2.65. The van der Waals surface area contributed by atoms with Crippen LogP contribution >= 0.6 is 0 Å². The van der Waals surface area contributed by atoms with Crippen LogP contribution in [-0.4, -0.2) is 19.5 Å². The maximum Gasteiger partial charge on any atom is 0.172 e. The molecular formula is C11H12O3. The van der Waals surface area contributed by atoms with Gasteiger partial charge in [-0.3, -0.25) is 4.79 Å². The van der Waals surface area contributed by atoms with Crippen LogP contribution in [-0.2, 0) is 0 Å². The lowest BCUT2D eigenvalue weighted by atomic mass is 10.0. The Morgan fingerprint density at radius 1 is 1.29 bits per heavy atom. The van der Waals surface area contributed by atoms with Gasteiger partial charge in [-0.25, -0.2) is 0 Å². The predicted molar refractivity (Wildman–Crippen MR) is 52.3 cm³/mol. The molecule has 0 unspecified atom stereocenters. The van der Waals surface area contributed by atoms with Gasteiger partial charge < -0.3 is 9.47 Å². The normalized spacial score (nSPS) is 13.9. The summed E-state index contributed by atoms with van der Waals surface area (Å²) in [6, 6.07) is 1.91. The van der Waals surface area contributed by atoms with Gasteiger partial charge in [-0.1, -0.05) is 0 Å². The second kappa shape index (κ2) is 3.33. The van der Waals surface area contributed by atoms with E-state index in [4.69, 9.17) is 9.47 Å². The molecule has 0 saturated heterocycles. The topological polar surface area (TPSA) is 35.5 Å². The standard InChI is InChI=1S/C11H12O3/c1-7-5-10-11(14-4-3-13-10)9(6-12)8(7)2/h5-6H,3-4H2,1-2H3. The van der Waals surface area contributed by atoms with E-state index in [1.165, 1.54) is 0 Å². The number of hydrogen-bond donors (Lipinski definition) is 0. The van der Waals surface area contributed by atoms with Crippen molar-refractivity contribution in [3.05, 3.63) is 22.8 Å². The third kappa shape index (κ3) is 1.25. The minimum absolute atomic E-state index is 0.510. The molecule has 0 N–H and O–H groups in total. The number of aryl methyl sites for hydroxylation is 1. The molecule has 14 heavy (non-hydrogen) atoms. The third-order valence-electron chi connectivity index (χ3n) is 2.52. The highest BCUT2D eigenvalue weighted by Crippen LogP contribution is 2.36. The van der Waals surface area contributed by atoms with Crippen LogP contribution in [0.15, 0.2) is 6.07 Å². The summed E-state index contributed by atoms with van der Waals surface area (Å²) in [4.78, 5) is 10.9. The average molecular weight is 192 g/mol. The highest BCUT2D eigenvalue weighted by molar-refractivity contribution is 5.84. The van der Waals surface area contributed by atoms with Crippen molar-refractivity contribution in [1.29, 1.82) is 0 Å².